The lowest BCUT2D eigenvalue weighted by Gasteiger charge is -2.00. The summed E-state index contributed by atoms with van der Waals surface area (Å²) in [5, 5.41) is 0. The quantitative estimate of drug-likeness (QED) is 0.507. The minimum atomic E-state index is 0.927. The summed E-state index contributed by atoms with van der Waals surface area (Å²) in [5.41, 5.74) is 3.80. The molecule has 0 unspecified atom stereocenters. The highest BCUT2D eigenvalue weighted by Gasteiger charge is 2.06. The Kier molecular flexibility index (Phi) is 3.63. The molecule has 0 spiro atoms. The van der Waals surface area contributed by atoms with E-state index < -0.39 is 0 Å². The van der Waals surface area contributed by atoms with Crippen molar-refractivity contribution >= 4 is 0 Å². The fourth-order valence-electron chi connectivity index (χ4n) is 1.39. The number of hydrogen-bond donors (Lipinski definition) is 0. The van der Waals surface area contributed by atoms with Crippen LogP contribution in [0, 0.1) is 13.8 Å². The fourth-order valence-corrected chi connectivity index (χ4v) is 1.39. The van der Waals surface area contributed by atoms with E-state index in [0.29, 0.717) is 0 Å². The normalized spacial score (nSPS) is 11.5. The minimum Gasteiger partial charge on any atom is -0.197 e. The zero-order valence-corrected chi connectivity index (χ0v) is 9.25. The molecule has 74 valence electrons. The third-order valence-electron chi connectivity index (χ3n) is 2.44. The van der Waals surface area contributed by atoms with Crippen LogP contribution >= 0.6 is 0 Å². The van der Waals surface area contributed by atoms with Gasteiger partial charge in [-0.15, -0.1) is 0 Å². The van der Waals surface area contributed by atoms with Crippen LogP contribution in [0.2, 0.25) is 0 Å². The fraction of sp³-hybridized carbons (Fsp3) is 0.308. The summed E-state index contributed by atoms with van der Waals surface area (Å²) in [6, 6.07) is 6.35. The van der Waals surface area contributed by atoms with Gasteiger partial charge in [-0.3, -0.25) is 0 Å². The summed E-state index contributed by atoms with van der Waals surface area (Å²) in [6.45, 7) is 11.0. The number of aromatic nitrogens is 1. The van der Waals surface area contributed by atoms with E-state index in [2.05, 4.69) is 56.2 Å². The molecule has 1 heteroatoms. The molecule has 0 aromatic carbocycles. The van der Waals surface area contributed by atoms with Crippen LogP contribution < -0.4 is 4.57 Å². The number of aryl methyl sites for hydroxylation is 2. The number of hydrogen-bond acceptors (Lipinski definition) is 0. The van der Waals surface area contributed by atoms with Crippen LogP contribution in [-0.4, -0.2) is 0 Å². The van der Waals surface area contributed by atoms with Crippen molar-refractivity contribution < 1.29 is 4.57 Å². The molecule has 0 aliphatic rings. The summed E-state index contributed by atoms with van der Waals surface area (Å²) in [7, 11) is 0. The summed E-state index contributed by atoms with van der Waals surface area (Å²) in [4.78, 5) is 0. The first kappa shape index (κ1) is 10.7. The molecule has 1 heterocycles. The molecule has 0 N–H and O–H groups in total. The molecule has 0 saturated heterocycles. The van der Waals surface area contributed by atoms with Gasteiger partial charge in [0, 0.05) is 26.0 Å². The first-order chi connectivity index (χ1) is 6.65. The standard InChI is InChI=1S/C13H18N/c1-5-11(2)9-10-14-12(3)7-6-8-13(14)4/h5-9H,1,10H2,2-4H3/q+1/b11-9+. The Bertz CT molecular complexity index is 341. The van der Waals surface area contributed by atoms with Crippen molar-refractivity contribution in [2.75, 3.05) is 0 Å². The van der Waals surface area contributed by atoms with E-state index in [0.717, 1.165) is 6.54 Å². The first-order valence-corrected chi connectivity index (χ1v) is 4.90. The second-order valence-electron chi connectivity index (χ2n) is 3.57. The summed E-state index contributed by atoms with van der Waals surface area (Å²) in [6.07, 6.45) is 4.07. The maximum absolute atomic E-state index is 3.74. The Morgan fingerprint density at radius 1 is 1.36 bits per heavy atom. The average molecular weight is 188 g/mol. The molecule has 0 bridgehead atoms. The van der Waals surface area contributed by atoms with Crippen molar-refractivity contribution in [2.24, 2.45) is 0 Å². The number of allylic oxidation sites excluding steroid dienone is 3. The Morgan fingerprint density at radius 3 is 2.43 bits per heavy atom. The third kappa shape index (κ3) is 2.56. The molecular weight excluding hydrogens is 170 g/mol. The Morgan fingerprint density at radius 2 is 1.93 bits per heavy atom. The van der Waals surface area contributed by atoms with Gasteiger partial charge in [-0.2, -0.15) is 4.57 Å². The Balaban J connectivity index is 2.91. The summed E-state index contributed by atoms with van der Waals surface area (Å²) < 4.78 is 2.28. The van der Waals surface area contributed by atoms with Crippen LogP contribution in [0.15, 0.2) is 42.5 Å². The second kappa shape index (κ2) is 4.75. The van der Waals surface area contributed by atoms with Gasteiger partial charge >= 0.3 is 0 Å². The van der Waals surface area contributed by atoms with Crippen LogP contribution in [0.1, 0.15) is 18.3 Å². The molecule has 1 rings (SSSR count). The molecule has 14 heavy (non-hydrogen) atoms. The van der Waals surface area contributed by atoms with Gasteiger partial charge in [-0.25, -0.2) is 0 Å². The Labute approximate surface area is 86.4 Å². The van der Waals surface area contributed by atoms with E-state index in [-0.39, 0.29) is 0 Å². The summed E-state index contributed by atoms with van der Waals surface area (Å²) >= 11 is 0. The molecule has 0 amide bonds. The van der Waals surface area contributed by atoms with Crippen molar-refractivity contribution in [1.82, 2.24) is 0 Å². The van der Waals surface area contributed by atoms with E-state index in [9.17, 15) is 0 Å². The molecule has 0 radical (unpaired) electrons. The van der Waals surface area contributed by atoms with Gasteiger partial charge < -0.3 is 0 Å². The number of nitrogens with zero attached hydrogens (tertiary/aromatic N) is 1. The van der Waals surface area contributed by atoms with Gasteiger partial charge in [0.25, 0.3) is 0 Å². The van der Waals surface area contributed by atoms with Gasteiger partial charge in [0.15, 0.2) is 17.9 Å². The highest BCUT2D eigenvalue weighted by atomic mass is 15.0. The van der Waals surface area contributed by atoms with Crippen LogP contribution in [0.3, 0.4) is 0 Å². The SMILES string of the molecule is C=C/C(C)=C/C[n+]1c(C)cccc1C. The van der Waals surface area contributed by atoms with Crippen LogP contribution in [0.5, 0.6) is 0 Å². The van der Waals surface area contributed by atoms with E-state index in [1.165, 1.54) is 17.0 Å². The molecule has 0 aliphatic carbocycles. The van der Waals surface area contributed by atoms with Gasteiger partial charge in [0.05, 0.1) is 0 Å². The van der Waals surface area contributed by atoms with E-state index in [4.69, 9.17) is 0 Å². The lowest BCUT2D eigenvalue weighted by molar-refractivity contribution is -0.698. The molecule has 0 aliphatic heterocycles. The maximum atomic E-state index is 3.74. The van der Waals surface area contributed by atoms with Crippen molar-refractivity contribution in [1.29, 1.82) is 0 Å². The van der Waals surface area contributed by atoms with Crippen molar-refractivity contribution in [2.45, 2.75) is 27.3 Å². The van der Waals surface area contributed by atoms with Crippen molar-refractivity contribution in [3.63, 3.8) is 0 Å². The molecular formula is C13H18N+. The second-order valence-corrected chi connectivity index (χ2v) is 3.57. The highest BCUT2D eigenvalue weighted by molar-refractivity contribution is 5.11. The van der Waals surface area contributed by atoms with Crippen LogP contribution in [0.4, 0.5) is 0 Å². The van der Waals surface area contributed by atoms with Crippen LogP contribution in [-0.2, 0) is 6.54 Å². The zero-order chi connectivity index (χ0) is 10.6. The zero-order valence-electron chi connectivity index (χ0n) is 9.25. The highest BCUT2D eigenvalue weighted by Crippen LogP contribution is 1.97. The Hall–Kier alpha value is -1.37. The average Bonchev–Trinajstić information content (AvgIpc) is 2.16. The molecule has 0 fully saturated rings. The van der Waals surface area contributed by atoms with Gasteiger partial charge in [-0.1, -0.05) is 12.7 Å². The van der Waals surface area contributed by atoms with E-state index in [1.807, 2.05) is 6.08 Å². The molecule has 1 aromatic heterocycles. The number of rotatable bonds is 3. The number of pyridine rings is 1. The van der Waals surface area contributed by atoms with Gasteiger partial charge in [0.1, 0.15) is 0 Å². The minimum absolute atomic E-state index is 0.927. The first-order valence-electron chi connectivity index (χ1n) is 4.90. The monoisotopic (exact) mass is 188 g/mol. The largest absolute Gasteiger partial charge is 0.197 e. The smallest absolute Gasteiger partial charge is 0.178 e. The predicted octanol–water partition coefficient (Wildman–Crippen LogP) is 2.72. The summed E-state index contributed by atoms with van der Waals surface area (Å²) in [5.74, 6) is 0. The molecule has 1 nitrogen and oxygen atoms in total. The maximum Gasteiger partial charge on any atom is 0.178 e. The van der Waals surface area contributed by atoms with Gasteiger partial charge in [0.2, 0.25) is 0 Å². The predicted molar refractivity (Wildman–Crippen MR) is 60.1 cm³/mol. The van der Waals surface area contributed by atoms with Crippen molar-refractivity contribution in [3.05, 3.63) is 53.9 Å². The molecule has 0 atom stereocenters. The lowest BCUT2D eigenvalue weighted by atomic mass is 10.2. The lowest BCUT2D eigenvalue weighted by Crippen LogP contribution is -2.39. The van der Waals surface area contributed by atoms with E-state index >= 15 is 0 Å². The molecule has 0 saturated carbocycles. The van der Waals surface area contributed by atoms with Gasteiger partial charge in [-0.05, 0) is 24.6 Å². The topological polar surface area (TPSA) is 3.88 Å². The van der Waals surface area contributed by atoms with E-state index in [1.54, 1.807) is 0 Å². The third-order valence-corrected chi connectivity index (χ3v) is 2.44. The van der Waals surface area contributed by atoms with Crippen molar-refractivity contribution in [3.8, 4) is 0 Å². The molecule has 1 aromatic rings. The van der Waals surface area contributed by atoms with Crippen LogP contribution in [0.25, 0.3) is 0 Å².